The van der Waals surface area contributed by atoms with Crippen LogP contribution in [0.5, 0.6) is 0 Å². The number of hydrogen-bond donors (Lipinski definition) is 1. The molecule has 0 radical (unpaired) electrons. The normalized spacial score (nSPS) is 14.1. The van der Waals surface area contributed by atoms with E-state index >= 15 is 0 Å². The molecule has 0 spiro atoms. The van der Waals surface area contributed by atoms with Crippen LogP contribution in [0.2, 0.25) is 0 Å². The van der Waals surface area contributed by atoms with Crippen molar-refractivity contribution in [3.63, 3.8) is 0 Å². The fraction of sp³-hybridized carbons (Fsp3) is 0.450. The molecule has 1 amide bonds. The molecule has 2 aromatic rings. The second-order valence-electron chi connectivity index (χ2n) is 6.71. The Morgan fingerprint density at radius 2 is 2.08 bits per heavy atom. The number of hydrogen-bond acceptors (Lipinski definition) is 1. The lowest BCUT2D eigenvalue weighted by Crippen LogP contribution is -2.13. The van der Waals surface area contributed by atoms with Gasteiger partial charge in [-0.2, -0.15) is 0 Å². The lowest BCUT2D eigenvalue weighted by molar-refractivity contribution is 0.1000. The summed E-state index contributed by atoms with van der Waals surface area (Å²) >= 11 is 0. The van der Waals surface area contributed by atoms with Crippen LogP contribution in [0.1, 0.15) is 66.8 Å². The van der Waals surface area contributed by atoms with E-state index in [0.29, 0.717) is 11.6 Å². The van der Waals surface area contributed by atoms with E-state index in [1.165, 1.54) is 12.1 Å². The zero-order valence-corrected chi connectivity index (χ0v) is 14.4. The predicted molar refractivity (Wildman–Crippen MR) is 94.6 cm³/mol. The third-order valence-corrected chi connectivity index (χ3v) is 4.84. The van der Waals surface area contributed by atoms with Crippen molar-refractivity contribution in [3.8, 4) is 11.1 Å². The minimum atomic E-state index is -0.428. The molecule has 3 nitrogen and oxygen atoms in total. The second-order valence-corrected chi connectivity index (χ2v) is 6.71. The van der Waals surface area contributed by atoms with Gasteiger partial charge in [0.15, 0.2) is 0 Å². The Morgan fingerprint density at radius 1 is 1.33 bits per heavy atom. The summed E-state index contributed by atoms with van der Waals surface area (Å²) in [5.41, 5.74) is 9.91. The summed E-state index contributed by atoms with van der Waals surface area (Å²) in [7, 11) is 0. The van der Waals surface area contributed by atoms with Crippen LogP contribution in [0, 0.1) is 12.7 Å². The molecule has 1 aromatic heterocycles. The molecule has 0 bridgehead atoms. The molecule has 1 aliphatic rings. The summed E-state index contributed by atoms with van der Waals surface area (Å²) in [4.78, 5) is 12.2. The Kier molecular flexibility index (Phi) is 4.74. The average Bonchev–Trinajstić information content (AvgIpc) is 3.32. The van der Waals surface area contributed by atoms with Crippen LogP contribution >= 0.6 is 0 Å². The molecule has 1 fully saturated rings. The number of benzene rings is 1. The number of rotatable bonds is 7. The van der Waals surface area contributed by atoms with Crippen LogP contribution in [0.15, 0.2) is 24.3 Å². The fourth-order valence-electron chi connectivity index (χ4n) is 3.64. The van der Waals surface area contributed by atoms with Gasteiger partial charge in [-0.3, -0.25) is 4.79 Å². The van der Waals surface area contributed by atoms with Gasteiger partial charge in [0, 0.05) is 23.0 Å². The van der Waals surface area contributed by atoms with E-state index in [-0.39, 0.29) is 5.82 Å². The van der Waals surface area contributed by atoms with Crippen LogP contribution < -0.4 is 5.73 Å². The number of carbonyl (C=O) groups excluding carboxylic acids is 1. The van der Waals surface area contributed by atoms with Gasteiger partial charge in [0.2, 0.25) is 0 Å². The predicted octanol–water partition coefficient (Wildman–Crippen LogP) is 4.77. The third kappa shape index (κ3) is 3.10. The summed E-state index contributed by atoms with van der Waals surface area (Å²) in [5.74, 6) is -0.720. The Labute approximate surface area is 142 Å². The molecule has 1 aliphatic carbocycles. The van der Waals surface area contributed by atoms with Crippen LogP contribution in [0.4, 0.5) is 4.39 Å². The number of carbonyl (C=O) groups is 1. The highest BCUT2D eigenvalue weighted by Crippen LogP contribution is 2.43. The maximum absolute atomic E-state index is 13.8. The Balaban J connectivity index is 2.19. The highest BCUT2D eigenvalue weighted by atomic mass is 19.1. The summed E-state index contributed by atoms with van der Waals surface area (Å²) in [6, 6.07) is 6.94. The highest BCUT2D eigenvalue weighted by molar-refractivity contribution is 6.02. The molecule has 24 heavy (non-hydrogen) atoms. The van der Waals surface area contributed by atoms with Gasteiger partial charge in [0.1, 0.15) is 5.82 Å². The van der Waals surface area contributed by atoms with Gasteiger partial charge < -0.3 is 10.3 Å². The number of halogens is 1. The van der Waals surface area contributed by atoms with Gasteiger partial charge in [-0.15, -0.1) is 0 Å². The van der Waals surface area contributed by atoms with E-state index in [1.54, 1.807) is 6.07 Å². The fourth-order valence-corrected chi connectivity index (χ4v) is 3.64. The molecular weight excluding hydrogens is 303 g/mol. The first-order valence-corrected chi connectivity index (χ1v) is 8.84. The molecule has 3 rings (SSSR count). The third-order valence-electron chi connectivity index (χ3n) is 4.84. The summed E-state index contributed by atoms with van der Waals surface area (Å²) in [6.07, 6.45) is 6.51. The minimum absolute atomic E-state index is 0.292. The van der Waals surface area contributed by atoms with Crippen molar-refractivity contribution < 1.29 is 9.18 Å². The first-order valence-electron chi connectivity index (χ1n) is 8.84. The van der Waals surface area contributed by atoms with Crippen LogP contribution in [0.25, 0.3) is 11.1 Å². The number of nitrogens with two attached hydrogens (primary N) is 1. The molecule has 2 N–H and O–H groups in total. The first kappa shape index (κ1) is 16.7. The standard InChI is InChI=1S/C20H25FN2O/c1-3-4-5-9-17-19(14-7-6-8-15(21)12-14)18(20(22)24)13(2)23(17)16-10-11-16/h6-8,12,16H,3-5,9-11H2,1-2H3,(H2,22,24). The van der Waals surface area contributed by atoms with E-state index in [9.17, 15) is 9.18 Å². The molecule has 0 saturated heterocycles. The number of aromatic nitrogens is 1. The first-order chi connectivity index (χ1) is 11.5. The zero-order valence-electron chi connectivity index (χ0n) is 14.4. The van der Waals surface area contributed by atoms with Crippen LogP contribution in [-0.2, 0) is 6.42 Å². The van der Waals surface area contributed by atoms with Crippen molar-refractivity contribution in [1.29, 1.82) is 0 Å². The molecule has 4 heteroatoms. The second kappa shape index (κ2) is 6.80. The van der Waals surface area contributed by atoms with Gasteiger partial charge in [-0.1, -0.05) is 31.9 Å². The lowest BCUT2D eigenvalue weighted by Gasteiger charge is -2.12. The molecular formula is C20H25FN2O. The molecule has 0 atom stereocenters. The van der Waals surface area contributed by atoms with Crippen molar-refractivity contribution in [2.45, 2.75) is 58.4 Å². The van der Waals surface area contributed by atoms with Crippen molar-refractivity contribution in [3.05, 3.63) is 47.0 Å². The van der Waals surface area contributed by atoms with Crippen molar-refractivity contribution in [1.82, 2.24) is 4.57 Å². The van der Waals surface area contributed by atoms with Gasteiger partial charge in [0.05, 0.1) is 5.56 Å². The van der Waals surface area contributed by atoms with E-state index in [2.05, 4.69) is 11.5 Å². The van der Waals surface area contributed by atoms with Gasteiger partial charge in [0.25, 0.3) is 5.91 Å². The van der Waals surface area contributed by atoms with E-state index in [4.69, 9.17) is 5.73 Å². The number of amides is 1. The van der Waals surface area contributed by atoms with E-state index < -0.39 is 5.91 Å². The summed E-state index contributed by atoms with van der Waals surface area (Å²) in [6.45, 7) is 4.14. The number of primary amides is 1. The maximum atomic E-state index is 13.8. The largest absolute Gasteiger partial charge is 0.366 e. The summed E-state index contributed by atoms with van der Waals surface area (Å²) in [5, 5.41) is 0. The van der Waals surface area contributed by atoms with Gasteiger partial charge in [-0.25, -0.2) is 4.39 Å². The summed E-state index contributed by atoms with van der Waals surface area (Å²) < 4.78 is 16.1. The molecule has 0 aliphatic heterocycles. The van der Waals surface area contributed by atoms with E-state index in [1.807, 2.05) is 13.0 Å². The van der Waals surface area contributed by atoms with Crippen molar-refractivity contribution in [2.75, 3.05) is 0 Å². The van der Waals surface area contributed by atoms with Gasteiger partial charge >= 0.3 is 0 Å². The molecule has 0 unspecified atom stereocenters. The Morgan fingerprint density at radius 3 is 2.67 bits per heavy atom. The van der Waals surface area contributed by atoms with Crippen molar-refractivity contribution in [2.24, 2.45) is 5.73 Å². The van der Waals surface area contributed by atoms with E-state index in [0.717, 1.165) is 61.0 Å². The lowest BCUT2D eigenvalue weighted by atomic mass is 9.97. The zero-order chi connectivity index (χ0) is 17.3. The van der Waals surface area contributed by atoms with Gasteiger partial charge in [-0.05, 0) is 50.3 Å². The SMILES string of the molecule is CCCCCc1c(-c2cccc(F)c2)c(C(N)=O)c(C)n1C1CC1. The number of nitrogens with zero attached hydrogens (tertiary/aromatic N) is 1. The molecule has 1 aromatic carbocycles. The number of unbranched alkanes of at least 4 members (excludes halogenated alkanes) is 2. The molecule has 1 saturated carbocycles. The highest BCUT2D eigenvalue weighted by Gasteiger charge is 2.32. The Hall–Kier alpha value is -2.10. The molecule has 128 valence electrons. The Bertz CT molecular complexity index is 759. The monoisotopic (exact) mass is 328 g/mol. The van der Waals surface area contributed by atoms with Crippen molar-refractivity contribution >= 4 is 5.91 Å². The topological polar surface area (TPSA) is 48.0 Å². The molecule has 1 heterocycles. The minimum Gasteiger partial charge on any atom is -0.366 e. The smallest absolute Gasteiger partial charge is 0.251 e. The maximum Gasteiger partial charge on any atom is 0.251 e. The average molecular weight is 328 g/mol. The van der Waals surface area contributed by atoms with Crippen LogP contribution in [-0.4, -0.2) is 10.5 Å². The van der Waals surface area contributed by atoms with Crippen LogP contribution in [0.3, 0.4) is 0 Å². The quantitative estimate of drug-likeness (QED) is 0.731.